The monoisotopic (exact) mass is 350 g/mol. The molecule has 1 amide bonds. The molecule has 1 N–H and O–H groups in total. The summed E-state index contributed by atoms with van der Waals surface area (Å²) in [5.74, 6) is 0.610. The van der Waals surface area contributed by atoms with E-state index in [0.717, 1.165) is 22.4 Å². The number of pyridine rings is 2. The Kier molecular flexibility index (Phi) is 5.43. The van der Waals surface area contributed by atoms with E-state index < -0.39 is 0 Å². The van der Waals surface area contributed by atoms with Crippen LogP contribution < -0.4 is 4.90 Å². The number of hydrogen-bond donors (Lipinski definition) is 1. The number of para-hydroxylation sites is 1. The number of carbonyl (C=O) groups excluding carboxylic acids is 1. The number of anilines is 1. The van der Waals surface area contributed by atoms with Crippen molar-refractivity contribution in [1.82, 2.24) is 14.9 Å². The molecule has 26 heavy (non-hydrogen) atoms. The van der Waals surface area contributed by atoms with E-state index in [0.29, 0.717) is 18.7 Å². The number of benzene rings is 1. The number of rotatable bonds is 6. The summed E-state index contributed by atoms with van der Waals surface area (Å²) in [4.78, 5) is 25.0. The molecule has 2 aromatic heterocycles. The normalized spacial score (nSPS) is 10.7. The van der Waals surface area contributed by atoms with Crippen LogP contribution in [-0.4, -0.2) is 53.1 Å². The molecule has 3 rings (SSSR count). The summed E-state index contributed by atoms with van der Waals surface area (Å²) in [5.41, 5.74) is 2.28. The molecule has 3 aromatic rings. The Morgan fingerprint density at radius 3 is 2.62 bits per heavy atom. The van der Waals surface area contributed by atoms with Gasteiger partial charge in [0.25, 0.3) is 5.91 Å². The van der Waals surface area contributed by atoms with E-state index in [1.807, 2.05) is 48.3 Å². The maximum atomic E-state index is 12.6. The average Bonchev–Trinajstić information content (AvgIpc) is 2.67. The summed E-state index contributed by atoms with van der Waals surface area (Å²) >= 11 is 0. The zero-order valence-electron chi connectivity index (χ0n) is 15.0. The molecule has 0 aliphatic carbocycles. The Labute approximate surface area is 152 Å². The summed E-state index contributed by atoms with van der Waals surface area (Å²) in [6, 6.07) is 15.4. The van der Waals surface area contributed by atoms with Crippen molar-refractivity contribution in [3.63, 3.8) is 0 Å². The van der Waals surface area contributed by atoms with Crippen LogP contribution in [0.15, 0.2) is 54.7 Å². The van der Waals surface area contributed by atoms with E-state index in [-0.39, 0.29) is 12.5 Å². The molecule has 0 aliphatic rings. The van der Waals surface area contributed by atoms with Gasteiger partial charge < -0.3 is 14.9 Å². The molecule has 0 atom stereocenters. The molecule has 0 aliphatic heterocycles. The Morgan fingerprint density at radius 2 is 1.88 bits per heavy atom. The predicted octanol–water partition coefficient (Wildman–Crippen LogP) is 2.33. The van der Waals surface area contributed by atoms with Gasteiger partial charge in [-0.05, 0) is 24.3 Å². The van der Waals surface area contributed by atoms with Gasteiger partial charge in [0.2, 0.25) is 0 Å². The third kappa shape index (κ3) is 3.97. The number of nitrogens with zero attached hydrogens (tertiary/aromatic N) is 4. The molecule has 6 heteroatoms. The number of amides is 1. The zero-order chi connectivity index (χ0) is 18.5. The lowest BCUT2D eigenvalue weighted by atomic mass is 10.2. The van der Waals surface area contributed by atoms with Crippen molar-refractivity contribution in [1.29, 1.82) is 0 Å². The molecule has 134 valence electrons. The largest absolute Gasteiger partial charge is 0.395 e. The molecular weight excluding hydrogens is 328 g/mol. The van der Waals surface area contributed by atoms with Crippen LogP contribution in [0.1, 0.15) is 16.1 Å². The first-order chi connectivity index (χ1) is 12.6. The fourth-order valence-electron chi connectivity index (χ4n) is 2.73. The molecule has 0 radical (unpaired) electrons. The third-order valence-electron chi connectivity index (χ3n) is 4.22. The van der Waals surface area contributed by atoms with Crippen LogP contribution in [0.3, 0.4) is 0 Å². The minimum absolute atomic E-state index is 0.0559. The quantitative estimate of drug-likeness (QED) is 0.739. The van der Waals surface area contributed by atoms with Gasteiger partial charge in [-0.2, -0.15) is 0 Å². The smallest absolute Gasteiger partial charge is 0.255 e. The SMILES string of the molecule is CN(Cc1ccc2ccccc2n1)C(=O)c1ccc(N(C)CCO)nc1. The molecule has 6 nitrogen and oxygen atoms in total. The fourth-order valence-corrected chi connectivity index (χ4v) is 2.73. The average molecular weight is 350 g/mol. The molecule has 0 fully saturated rings. The highest BCUT2D eigenvalue weighted by Crippen LogP contribution is 2.15. The highest BCUT2D eigenvalue weighted by atomic mass is 16.3. The van der Waals surface area contributed by atoms with Crippen molar-refractivity contribution >= 4 is 22.6 Å². The van der Waals surface area contributed by atoms with Crippen molar-refractivity contribution in [2.45, 2.75) is 6.54 Å². The van der Waals surface area contributed by atoms with Crippen molar-refractivity contribution in [2.24, 2.45) is 0 Å². The number of hydrogen-bond acceptors (Lipinski definition) is 5. The van der Waals surface area contributed by atoms with Crippen LogP contribution in [0.2, 0.25) is 0 Å². The Hall–Kier alpha value is -2.99. The van der Waals surface area contributed by atoms with E-state index in [1.165, 1.54) is 0 Å². The Bertz CT molecular complexity index is 896. The first-order valence-electron chi connectivity index (χ1n) is 8.46. The van der Waals surface area contributed by atoms with Gasteiger partial charge in [-0.15, -0.1) is 0 Å². The summed E-state index contributed by atoms with van der Waals surface area (Å²) < 4.78 is 0. The molecule has 0 unspecified atom stereocenters. The minimum Gasteiger partial charge on any atom is -0.395 e. The van der Waals surface area contributed by atoms with Crippen LogP contribution >= 0.6 is 0 Å². The third-order valence-corrected chi connectivity index (χ3v) is 4.22. The number of likely N-dealkylation sites (N-methyl/N-ethyl adjacent to an activating group) is 1. The highest BCUT2D eigenvalue weighted by molar-refractivity contribution is 5.93. The van der Waals surface area contributed by atoms with Gasteiger partial charge in [0.05, 0.1) is 29.9 Å². The lowest BCUT2D eigenvalue weighted by Crippen LogP contribution is -2.27. The fraction of sp³-hybridized carbons (Fsp3) is 0.250. The van der Waals surface area contributed by atoms with Gasteiger partial charge in [0.1, 0.15) is 5.82 Å². The lowest BCUT2D eigenvalue weighted by molar-refractivity contribution is 0.0783. The molecular formula is C20H22N4O2. The summed E-state index contributed by atoms with van der Waals surface area (Å²) in [7, 11) is 3.60. The number of aliphatic hydroxyl groups is 1. The predicted molar refractivity (Wildman–Crippen MR) is 102 cm³/mol. The molecule has 2 heterocycles. The number of aromatic nitrogens is 2. The van der Waals surface area contributed by atoms with Crippen LogP contribution in [0.5, 0.6) is 0 Å². The summed E-state index contributed by atoms with van der Waals surface area (Å²) in [5, 5.41) is 10.1. The topological polar surface area (TPSA) is 69.6 Å². The number of carbonyl (C=O) groups is 1. The standard InChI is InChI=1S/C20H22N4O2/c1-23(11-12-25)19-10-8-16(13-21-19)20(26)24(2)14-17-9-7-15-5-3-4-6-18(15)22-17/h3-10,13,25H,11-12,14H2,1-2H3. The van der Waals surface area contributed by atoms with E-state index >= 15 is 0 Å². The van der Waals surface area contributed by atoms with Gasteiger partial charge in [0.15, 0.2) is 0 Å². The van der Waals surface area contributed by atoms with E-state index in [9.17, 15) is 4.79 Å². The maximum Gasteiger partial charge on any atom is 0.255 e. The molecule has 0 bridgehead atoms. The second kappa shape index (κ2) is 7.93. The van der Waals surface area contributed by atoms with Crippen LogP contribution in [0.4, 0.5) is 5.82 Å². The van der Waals surface area contributed by atoms with Gasteiger partial charge in [0, 0.05) is 32.2 Å². The second-order valence-corrected chi connectivity index (χ2v) is 6.21. The zero-order valence-corrected chi connectivity index (χ0v) is 15.0. The van der Waals surface area contributed by atoms with E-state index in [2.05, 4.69) is 9.97 Å². The summed E-state index contributed by atoms with van der Waals surface area (Å²) in [6.07, 6.45) is 1.57. The van der Waals surface area contributed by atoms with Gasteiger partial charge >= 0.3 is 0 Å². The van der Waals surface area contributed by atoms with Gasteiger partial charge in [-0.3, -0.25) is 9.78 Å². The minimum atomic E-state index is -0.108. The second-order valence-electron chi connectivity index (χ2n) is 6.21. The first-order valence-corrected chi connectivity index (χ1v) is 8.46. The molecule has 0 spiro atoms. The van der Waals surface area contributed by atoms with Crippen molar-refractivity contribution in [3.8, 4) is 0 Å². The van der Waals surface area contributed by atoms with Crippen LogP contribution in [0, 0.1) is 0 Å². The van der Waals surface area contributed by atoms with Crippen molar-refractivity contribution in [3.05, 3.63) is 66.0 Å². The van der Waals surface area contributed by atoms with Crippen molar-refractivity contribution in [2.75, 3.05) is 32.1 Å². The molecule has 0 saturated heterocycles. The van der Waals surface area contributed by atoms with Crippen LogP contribution in [-0.2, 0) is 6.54 Å². The number of fused-ring (bicyclic) bond motifs is 1. The first kappa shape index (κ1) is 17.8. The molecule has 0 saturated carbocycles. The van der Waals surface area contributed by atoms with Gasteiger partial charge in [-0.1, -0.05) is 24.3 Å². The van der Waals surface area contributed by atoms with Gasteiger partial charge in [-0.25, -0.2) is 4.98 Å². The van der Waals surface area contributed by atoms with Crippen molar-refractivity contribution < 1.29 is 9.90 Å². The molecule has 1 aromatic carbocycles. The van der Waals surface area contributed by atoms with E-state index in [4.69, 9.17) is 5.11 Å². The maximum absolute atomic E-state index is 12.6. The highest BCUT2D eigenvalue weighted by Gasteiger charge is 2.14. The Balaban J connectivity index is 1.70. The van der Waals surface area contributed by atoms with Crippen LogP contribution in [0.25, 0.3) is 10.9 Å². The lowest BCUT2D eigenvalue weighted by Gasteiger charge is -2.19. The number of aliphatic hydroxyl groups excluding tert-OH is 1. The summed E-state index contributed by atoms with van der Waals surface area (Å²) in [6.45, 7) is 0.976. The van der Waals surface area contributed by atoms with E-state index in [1.54, 1.807) is 30.3 Å². The Morgan fingerprint density at radius 1 is 1.08 bits per heavy atom.